The molecule has 5 heteroatoms. The first-order valence-corrected chi connectivity index (χ1v) is 30.2. The van der Waals surface area contributed by atoms with Crippen LogP contribution in [0.4, 0.5) is 0 Å². The lowest BCUT2D eigenvalue weighted by Gasteiger charge is -2.35. The monoisotopic (exact) mass is 1030 g/mol. The van der Waals surface area contributed by atoms with Crippen molar-refractivity contribution >= 4 is 66.7 Å². The predicted octanol–water partition coefficient (Wildman–Crippen LogP) is 18.1. The van der Waals surface area contributed by atoms with E-state index in [0.717, 1.165) is 33.9 Å². The zero-order valence-corrected chi connectivity index (χ0v) is 49.2. The molecule has 0 saturated heterocycles. The van der Waals surface area contributed by atoms with Gasteiger partial charge in [0.05, 0.1) is 22.4 Å². The Labute approximate surface area is 470 Å². The SMILES string of the molecule is CC(C)(C)c1cc(C(C)(C)C)c2c3c(C4CCCCC4)ccc4c3n(c2c1)-c1cc(-c2nc(-c3ccccc3)cc(-c3ccccc3)n2)cc2c1B4c1ccc(C3CCCCC3)c3c4c(C(C)(C)C)cc(C(C)(C)C)cc4n-2c13. The largest absolute Gasteiger partial charge is 0.310 e. The van der Waals surface area contributed by atoms with Crippen LogP contribution in [0.1, 0.15) is 193 Å². The molecular formula is C74H79BN4. The highest BCUT2D eigenvalue weighted by atomic mass is 15.0. The fraction of sp³-hybridized carbons (Fsp3) is 0.378. The molecule has 5 heterocycles. The second-order valence-electron chi connectivity index (χ2n) is 28.7. The summed E-state index contributed by atoms with van der Waals surface area (Å²) in [6.45, 7) is 29.1. The molecule has 0 amide bonds. The topological polar surface area (TPSA) is 35.6 Å². The smallest absolute Gasteiger partial charge is 0.252 e. The Balaban J connectivity index is 1.21. The predicted molar refractivity (Wildman–Crippen MR) is 338 cm³/mol. The van der Waals surface area contributed by atoms with E-state index in [9.17, 15) is 0 Å². The molecule has 7 aromatic carbocycles. The first-order chi connectivity index (χ1) is 37.7. The van der Waals surface area contributed by atoms with Crippen molar-refractivity contribution in [3.63, 3.8) is 0 Å². The van der Waals surface area contributed by atoms with Gasteiger partial charge in [-0.3, -0.25) is 0 Å². The zero-order valence-electron chi connectivity index (χ0n) is 49.2. The van der Waals surface area contributed by atoms with Crippen molar-refractivity contribution in [1.29, 1.82) is 0 Å². The fourth-order valence-corrected chi connectivity index (χ4v) is 15.1. The molecule has 0 atom stereocenters. The van der Waals surface area contributed by atoms with Crippen molar-refractivity contribution in [2.24, 2.45) is 0 Å². The van der Waals surface area contributed by atoms with Crippen LogP contribution < -0.4 is 16.4 Å². The number of benzene rings is 7. The molecule has 0 N–H and O–H groups in total. The summed E-state index contributed by atoms with van der Waals surface area (Å²) in [6.07, 6.45) is 12.8. The van der Waals surface area contributed by atoms with Crippen LogP contribution in [0, 0.1) is 0 Å². The lowest BCUT2D eigenvalue weighted by atomic mass is 9.34. The molecule has 2 aliphatic carbocycles. The first-order valence-electron chi connectivity index (χ1n) is 30.2. The quantitative estimate of drug-likeness (QED) is 0.161. The lowest BCUT2D eigenvalue weighted by Crippen LogP contribution is -2.59. The molecule has 2 saturated carbocycles. The van der Waals surface area contributed by atoms with Gasteiger partial charge in [-0.05, 0) is 139 Å². The van der Waals surface area contributed by atoms with Gasteiger partial charge in [-0.1, -0.05) is 219 Å². The maximum absolute atomic E-state index is 5.65. The van der Waals surface area contributed by atoms with Crippen molar-refractivity contribution in [2.75, 3.05) is 0 Å². The van der Waals surface area contributed by atoms with E-state index >= 15 is 0 Å². The number of fused-ring (bicyclic) bond motifs is 10. The normalized spacial score (nSPS) is 16.2. The van der Waals surface area contributed by atoms with Crippen LogP contribution >= 0.6 is 0 Å². The van der Waals surface area contributed by atoms with Crippen LogP contribution in [0.25, 0.3) is 88.9 Å². The van der Waals surface area contributed by atoms with Crippen molar-refractivity contribution in [1.82, 2.24) is 19.1 Å². The maximum atomic E-state index is 5.65. The minimum absolute atomic E-state index is 0.00952. The van der Waals surface area contributed by atoms with Crippen molar-refractivity contribution in [3.8, 4) is 45.3 Å². The van der Waals surface area contributed by atoms with Gasteiger partial charge in [0.25, 0.3) is 6.71 Å². The summed E-state index contributed by atoms with van der Waals surface area (Å²) in [4.78, 5) is 11.3. The van der Waals surface area contributed by atoms with Gasteiger partial charge >= 0.3 is 0 Å². The highest BCUT2D eigenvalue weighted by Crippen LogP contribution is 2.51. The summed E-state index contributed by atoms with van der Waals surface area (Å²) in [5.41, 5.74) is 25.7. The Bertz CT molecular complexity index is 3850. The van der Waals surface area contributed by atoms with Gasteiger partial charge in [-0.25, -0.2) is 9.97 Å². The highest BCUT2D eigenvalue weighted by molar-refractivity contribution is 7.00. The van der Waals surface area contributed by atoms with Gasteiger partial charge in [-0.15, -0.1) is 0 Å². The van der Waals surface area contributed by atoms with E-state index in [2.05, 4.69) is 220 Å². The Morgan fingerprint density at radius 3 is 1.19 bits per heavy atom. The maximum Gasteiger partial charge on any atom is 0.252 e. The van der Waals surface area contributed by atoms with Crippen LogP contribution in [-0.4, -0.2) is 25.8 Å². The number of hydrogen-bond donors (Lipinski definition) is 0. The Morgan fingerprint density at radius 2 is 0.810 bits per heavy atom. The molecule has 4 nitrogen and oxygen atoms in total. The number of aromatic nitrogens is 4. The van der Waals surface area contributed by atoms with Gasteiger partial charge in [0, 0.05) is 60.6 Å². The summed E-state index contributed by atoms with van der Waals surface area (Å²) < 4.78 is 5.56. The van der Waals surface area contributed by atoms with Gasteiger partial charge in [0.1, 0.15) is 0 Å². The van der Waals surface area contributed by atoms with Crippen molar-refractivity contribution in [3.05, 3.63) is 161 Å². The Hall–Kier alpha value is -6.72. The van der Waals surface area contributed by atoms with Crippen LogP contribution in [0.5, 0.6) is 0 Å². The second kappa shape index (κ2) is 17.9. The van der Waals surface area contributed by atoms with E-state index in [1.807, 2.05) is 0 Å². The fourth-order valence-electron chi connectivity index (χ4n) is 15.1. The lowest BCUT2D eigenvalue weighted by molar-refractivity contribution is 0.445. The molecule has 2 fully saturated rings. The van der Waals surface area contributed by atoms with Crippen LogP contribution in [-0.2, 0) is 21.7 Å². The first kappa shape index (κ1) is 50.5. The zero-order chi connectivity index (χ0) is 54.7. The number of rotatable bonds is 5. The van der Waals surface area contributed by atoms with Crippen molar-refractivity contribution in [2.45, 2.75) is 181 Å². The summed E-state index contributed by atoms with van der Waals surface area (Å²) in [6, 6.07) is 49.5. The van der Waals surface area contributed by atoms with Gasteiger partial charge in [-0.2, -0.15) is 0 Å². The van der Waals surface area contributed by atoms with Crippen LogP contribution in [0.15, 0.2) is 127 Å². The molecule has 0 spiro atoms. The van der Waals surface area contributed by atoms with Gasteiger partial charge in [0.2, 0.25) is 0 Å². The van der Waals surface area contributed by atoms with E-state index in [4.69, 9.17) is 9.97 Å². The molecule has 0 radical (unpaired) electrons. The molecule has 10 aromatic rings. The molecule has 0 bridgehead atoms. The highest BCUT2D eigenvalue weighted by Gasteiger charge is 2.44. The van der Waals surface area contributed by atoms with E-state index in [1.165, 1.54) is 158 Å². The minimum Gasteiger partial charge on any atom is -0.310 e. The third kappa shape index (κ3) is 7.96. The van der Waals surface area contributed by atoms with E-state index in [-0.39, 0.29) is 28.4 Å². The Kier molecular flexibility index (Phi) is 11.4. The van der Waals surface area contributed by atoms with Crippen molar-refractivity contribution < 1.29 is 0 Å². The third-order valence-electron chi connectivity index (χ3n) is 19.2. The van der Waals surface area contributed by atoms with Gasteiger partial charge < -0.3 is 9.13 Å². The summed E-state index contributed by atoms with van der Waals surface area (Å²) >= 11 is 0. The standard InChI is InChI=1S/C74H79BN4/c1-71(2,3)49-39-53(73(7,8)9)65-59(41-49)78-61-37-48(70-76-57(46-29-21-15-22-30-46)43-58(77-70)47-31-23-16-24-32-47)38-62-67(61)75(55-35-33-51(63(65)68(55)78)44-25-17-13-18-26-44)56-36-34-52(45-27-19-14-20-28-45)64-66-54(74(10,11)12)40-50(72(4,5)6)42-60(66)79(62)69(56)64/h15-16,21-24,29-45H,13-14,17-20,25-28H2,1-12H3. The van der Waals surface area contributed by atoms with Gasteiger partial charge in [0.15, 0.2) is 5.82 Å². The average molecular weight is 1040 g/mol. The molecule has 398 valence electrons. The number of hydrogen-bond acceptors (Lipinski definition) is 2. The molecule has 0 unspecified atom stereocenters. The van der Waals surface area contributed by atoms with E-state index < -0.39 is 0 Å². The molecule has 2 aliphatic heterocycles. The molecule has 14 rings (SSSR count). The van der Waals surface area contributed by atoms with E-state index in [1.54, 1.807) is 11.1 Å². The third-order valence-corrected chi connectivity index (χ3v) is 19.2. The summed E-state index contributed by atoms with van der Waals surface area (Å²) in [5.74, 6) is 1.79. The minimum atomic E-state index is -0.108. The molecule has 79 heavy (non-hydrogen) atoms. The molecular weight excluding hydrogens is 956 g/mol. The van der Waals surface area contributed by atoms with E-state index in [0.29, 0.717) is 11.8 Å². The summed E-state index contributed by atoms with van der Waals surface area (Å²) in [5, 5.41) is 5.86. The number of nitrogens with zero attached hydrogens (tertiary/aromatic N) is 4. The molecule has 4 aliphatic rings. The Morgan fingerprint density at radius 1 is 0.405 bits per heavy atom. The van der Waals surface area contributed by atoms with Crippen LogP contribution in [0.2, 0.25) is 0 Å². The summed E-state index contributed by atoms with van der Waals surface area (Å²) in [7, 11) is 0. The van der Waals surface area contributed by atoms with Crippen LogP contribution in [0.3, 0.4) is 0 Å². The molecule has 3 aromatic heterocycles. The average Bonchev–Trinajstić information content (AvgIpc) is 2.29. The second-order valence-corrected chi connectivity index (χ2v) is 28.7.